The molecule has 0 bridgehead atoms. The van der Waals surface area contributed by atoms with Crippen LogP contribution in [-0.2, 0) is 16.4 Å². The Kier molecular flexibility index (Phi) is 6.13. The molecule has 3 heterocycles. The van der Waals surface area contributed by atoms with Gasteiger partial charge in [0.2, 0.25) is 10.0 Å². The van der Waals surface area contributed by atoms with Crippen molar-refractivity contribution in [1.82, 2.24) is 9.21 Å². The highest BCUT2D eigenvalue weighted by atomic mass is 35.5. The molecule has 2 saturated heterocycles. The SMILES string of the molecule is COc1ccc2c(c1)CCN1C[C@H]3CCCN(S(=O)(=O)c4ccccc4)[C@H]3C[C@H]21.Cl. The fourth-order valence-corrected chi connectivity index (χ4v) is 7.30. The second-order valence-corrected chi connectivity index (χ2v) is 10.4. The monoisotopic (exact) mass is 448 g/mol. The number of sulfonamides is 1. The molecule has 30 heavy (non-hydrogen) atoms. The van der Waals surface area contributed by atoms with Crippen LogP contribution in [0.3, 0.4) is 0 Å². The van der Waals surface area contributed by atoms with E-state index in [1.807, 2.05) is 28.6 Å². The lowest BCUT2D eigenvalue weighted by atomic mass is 9.77. The van der Waals surface area contributed by atoms with E-state index >= 15 is 0 Å². The Bertz CT molecular complexity index is 999. The summed E-state index contributed by atoms with van der Waals surface area (Å²) in [6, 6.07) is 15.6. The average Bonchev–Trinajstić information content (AvgIpc) is 2.77. The van der Waals surface area contributed by atoms with Crippen LogP contribution in [0.25, 0.3) is 0 Å². The minimum atomic E-state index is -3.46. The number of hydrogen-bond acceptors (Lipinski definition) is 4. The Morgan fingerprint density at radius 2 is 1.87 bits per heavy atom. The van der Waals surface area contributed by atoms with Crippen LogP contribution in [0.15, 0.2) is 53.4 Å². The molecule has 2 aromatic rings. The number of fused-ring (bicyclic) bond motifs is 4. The molecule has 7 heteroatoms. The minimum Gasteiger partial charge on any atom is -0.497 e. The Morgan fingerprint density at radius 3 is 2.63 bits per heavy atom. The van der Waals surface area contributed by atoms with Gasteiger partial charge in [0.15, 0.2) is 0 Å². The fourth-order valence-electron chi connectivity index (χ4n) is 5.54. The van der Waals surface area contributed by atoms with E-state index in [0.29, 0.717) is 17.4 Å². The van der Waals surface area contributed by atoms with E-state index in [-0.39, 0.29) is 24.5 Å². The van der Waals surface area contributed by atoms with Gasteiger partial charge in [0.05, 0.1) is 12.0 Å². The molecule has 3 aliphatic heterocycles. The lowest BCUT2D eigenvalue weighted by molar-refractivity contribution is 0.0219. The minimum absolute atomic E-state index is 0. The van der Waals surface area contributed by atoms with Crippen LogP contribution in [0.1, 0.15) is 36.4 Å². The number of piperidine rings is 2. The molecule has 0 amide bonds. The van der Waals surface area contributed by atoms with Crippen molar-refractivity contribution >= 4 is 22.4 Å². The molecule has 5 nitrogen and oxygen atoms in total. The van der Waals surface area contributed by atoms with Crippen molar-refractivity contribution in [2.24, 2.45) is 5.92 Å². The zero-order valence-electron chi connectivity index (χ0n) is 17.2. The Hall–Kier alpha value is -1.60. The van der Waals surface area contributed by atoms with Gasteiger partial charge in [-0.25, -0.2) is 8.42 Å². The predicted octanol–water partition coefficient (Wildman–Crippen LogP) is 3.89. The normalized spacial score (nSPS) is 26.6. The van der Waals surface area contributed by atoms with Crippen molar-refractivity contribution < 1.29 is 13.2 Å². The van der Waals surface area contributed by atoms with Crippen LogP contribution in [0.2, 0.25) is 0 Å². The van der Waals surface area contributed by atoms with E-state index in [2.05, 4.69) is 17.0 Å². The Labute approximate surface area is 185 Å². The smallest absolute Gasteiger partial charge is 0.243 e. The van der Waals surface area contributed by atoms with Crippen molar-refractivity contribution in [3.8, 4) is 5.75 Å². The first-order chi connectivity index (χ1) is 14.1. The number of benzene rings is 2. The van der Waals surface area contributed by atoms with E-state index in [1.54, 1.807) is 19.2 Å². The predicted molar refractivity (Wildman–Crippen MR) is 120 cm³/mol. The topological polar surface area (TPSA) is 49.9 Å². The van der Waals surface area contributed by atoms with Crippen molar-refractivity contribution in [2.75, 3.05) is 26.7 Å². The zero-order valence-corrected chi connectivity index (χ0v) is 18.9. The molecule has 0 radical (unpaired) electrons. The number of methoxy groups -OCH3 is 1. The second kappa shape index (κ2) is 8.50. The molecule has 0 aromatic heterocycles. The first-order valence-corrected chi connectivity index (χ1v) is 12.0. The maximum absolute atomic E-state index is 13.4. The van der Waals surface area contributed by atoms with Gasteiger partial charge >= 0.3 is 0 Å². The summed E-state index contributed by atoms with van der Waals surface area (Å²) in [6.07, 6.45) is 3.96. The molecular formula is C23H29ClN2O3S. The number of rotatable bonds is 3. The van der Waals surface area contributed by atoms with Gasteiger partial charge in [0, 0.05) is 31.7 Å². The third-order valence-electron chi connectivity index (χ3n) is 6.97. The number of ether oxygens (including phenoxy) is 1. The summed E-state index contributed by atoms with van der Waals surface area (Å²) in [4.78, 5) is 2.99. The second-order valence-electron chi connectivity index (χ2n) is 8.46. The molecule has 162 valence electrons. The Morgan fingerprint density at radius 1 is 1.07 bits per heavy atom. The summed E-state index contributed by atoms with van der Waals surface area (Å²) in [5.41, 5.74) is 2.69. The third-order valence-corrected chi connectivity index (χ3v) is 8.91. The number of halogens is 1. The van der Waals surface area contributed by atoms with E-state index in [4.69, 9.17) is 4.74 Å². The molecule has 0 spiro atoms. The van der Waals surface area contributed by atoms with Crippen LogP contribution in [-0.4, -0.2) is 50.4 Å². The van der Waals surface area contributed by atoms with E-state index in [9.17, 15) is 8.42 Å². The number of nitrogens with zero attached hydrogens (tertiary/aromatic N) is 2. The molecule has 3 atom stereocenters. The molecule has 5 rings (SSSR count). The van der Waals surface area contributed by atoms with E-state index in [0.717, 1.165) is 44.5 Å². The van der Waals surface area contributed by atoms with Gasteiger partial charge in [0.1, 0.15) is 5.75 Å². The molecule has 0 unspecified atom stereocenters. The summed E-state index contributed by atoms with van der Waals surface area (Å²) in [5, 5.41) is 0. The molecule has 2 fully saturated rings. The molecule has 3 aliphatic rings. The fraction of sp³-hybridized carbons (Fsp3) is 0.478. The molecule has 0 aliphatic carbocycles. The zero-order chi connectivity index (χ0) is 20.0. The van der Waals surface area contributed by atoms with Crippen LogP contribution in [0.4, 0.5) is 0 Å². The summed E-state index contributed by atoms with van der Waals surface area (Å²) >= 11 is 0. The molecule has 2 aromatic carbocycles. The highest BCUT2D eigenvalue weighted by molar-refractivity contribution is 7.89. The van der Waals surface area contributed by atoms with Gasteiger partial charge < -0.3 is 4.74 Å². The van der Waals surface area contributed by atoms with Crippen molar-refractivity contribution in [1.29, 1.82) is 0 Å². The van der Waals surface area contributed by atoms with Crippen LogP contribution in [0, 0.1) is 5.92 Å². The molecule has 0 saturated carbocycles. The average molecular weight is 449 g/mol. The summed E-state index contributed by atoms with van der Waals surface area (Å²) in [7, 11) is -1.76. The van der Waals surface area contributed by atoms with Crippen molar-refractivity contribution in [3.05, 3.63) is 59.7 Å². The van der Waals surface area contributed by atoms with Gasteiger partial charge in [0.25, 0.3) is 0 Å². The number of hydrogen-bond donors (Lipinski definition) is 0. The standard InChI is InChI=1S/C23H28N2O3S.ClH/c1-28-19-9-10-21-17(14-19)11-13-24-16-18-6-5-12-25(22(18)15-23(21)24)29(26,27)20-7-3-2-4-8-20;/h2-4,7-10,14,18,22-23H,5-6,11-13,15-16H2,1H3;1H/t18-,22+,23-;/m1./s1. The van der Waals surface area contributed by atoms with Crippen LogP contribution in [0.5, 0.6) is 5.75 Å². The highest BCUT2D eigenvalue weighted by Gasteiger charge is 2.46. The molecule has 0 N–H and O–H groups in total. The Balaban J connectivity index is 0.00000218. The lowest BCUT2D eigenvalue weighted by Gasteiger charge is -2.51. The third kappa shape index (κ3) is 3.64. The first kappa shape index (κ1) is 21.6. The van der Waals surface area contributed by atoms with Crippen LogP contribution >= 0.6 is 12.4 Å². The van der Waals surface area contributed by atoms with E-state index in [1.165, 1.54) is 11.1 Å². The largest absolute Gasteiger partial charge is 0.497 e. The maximum Gasteiger partial charge on any atom is 0.243 e. The quantitative estimate of drug-likeness (QED) is 0.714. The summed E-state index contributed by atoms with van der Waals surface area (Å²) < 4.78 is 34.1. The lowest BCUT2D eigenvalue weighted by Crippen LogP contribution is -2.57. The van der Waals surface area contributed by atoms with Gasteiger partial charge in [-0.15, -0.1) is 12.4 Å². The maximum atomic E-state index is 13.4. The van der Waals surface area contributed by atoms with Gasteiger partial charge in [-0.3, -0.25) is 4.90 Å². The highest BCUT2D eigenvalue weighted by Crippen LogP contribution is 2.44. The molecular weight excluding hydrogens is 420 g/mol. The summed E-state index contributed by atoms with van der Waals surface area (Å²) in [5.74, 6) is 1.31. The summed E-state index contributed by atoms with van der Waals surface area (Å²) in [6.45, 7) is 2.65. The van der Waals surface area contributed by atoms with Gasteiger partial charge in [-0.1, -0.05) is 24.3 Å². The van der Waals surface area contributed by atoms with Crippen LogP contribution < -0.4 is 4.74 Å². The first-order valence-electron chi connectivity index (χ1n) is 10.6. The van der Waals surface area contributed by atoms with Crippen molar-refractivity contribution in [2.45, 2.75) is 42.7 Å². The van der Waals surface area contributed by atoms with Gasteiger partial charge in [-0.05, 0) is 67.0 Å². The van der Waals surface area contributed by atoms with Crippen molar-refractivity contribution in [3.63, 3.8) is 0 Å². The van der Waals surface area contributed by atoms with Gasteiger partial charge in [-0.2, -0.15) is 4.31 Å². The van der Waals surface area contributed by atoms with E-state index < -0.39 is 10.0 Å².